The van der Waals surface area contributed by atoms with Crippen molar-refractivity contribution in [2.75, 3.05) is 19.6 Å². The zero-order valence-corrected chi connectivity index (χ0v) is 11.6. The third-order valence-corrected chi connectivity index (χ3v) is 3.20. The average Bonchev–Trinajstić information content (AvgIpc) is 2.29. The predicted octanol–water partition coefficient (Wildman–Crippen LogP) is 4.06. The molecule has 0 saturated heterocycles. The van der Waals surface area contributed by atoms with Crippen molar-refractivity contribution in [1.82, 2.24) is 4.90 Å². The number of carbonyl (C=O) groups is 1. The molecule has 106 valence electrons. The Morgan fingerprint density at radius 3 is 2.37 bits per heavy atom. The van der Waals surface area contributed by atoms with Gasteiger partial charge in [-0.3, -0.25) is 9.69 Å². The fourth-order valence-electron chi connectivity index (χ4n) is 1.50. The molecule has 2 nitrogen and oxygen atoms in total. The van der Waals surface area contributed by atoms with Crippen molar-refractivity contribution in [2.45, 2.75) is 13.1 Å². The van der Waals surface area contributed by atoms with Gasteiger partial charge in [-0.15, -0.1) is 0 Å². The van der Waals surface area contributed by atoms with E-state index in [1.165, 1.54) is 18.2 Å². The fourth-order valence-corrected chi connectivity index (χ4v) is 1.80. The summed E-state index contributed by atoms with van der Waals surface area (Å²) in [6.45, 7) is 0.269. The molecule has 1 rings (SSSR count). The van der Waals surface area contributed by atoms with E-state index in [-0.39, 0.29) is 23.7 Å². The van der Waals surface area contributed by atoms with Gasteiger partial charge in [0.25, 0.3) is 0 Å². The Hall–Kier alpha value is -0.780. The number of halogens is 5. The molecule has 0 bridgehead atoms. The topological polar surface area (TPSA) is 20.3 Å². The molecule has 0 fully saturated rings. The van der Waals surface area contributed by atoms with Crippen LogP contribution in [0.5, 0.6) is 0 Å². The van der Waals surface area contributed by atoms with Crippen molar-refractivity contribution in [3.05, 3.63) is 33.8 Å². The second-order valence-corrected chi connectivity index (χ2v) is 4.78. The van der Waals surface area contributed by atoms with Gasteiger partial charge in [-0.25, -0.2) is 0 Å². The minimum Gasteiger partial charge on any atom is -0.293 e. The maximum Gasteiger partial charge on any atom is 0.401 e. The number of alkyl halides is 3. The number of carbonyl (C=O) groups excluding carboxylic acids is 1. The molecule has 0 N–H and O–H groups in total. The molecule has 0 atom stereocenters. The van der Waals surface area contributed by atoms with Gasteiger partial charge in [0.15, 0.2) is 5.78 Å². The summed E-state index contributed by atoms with van der Waals surface area (Å²) in [5.74, 6) is -0.426. The van der Waals surface area contributed by atoms with Crippen molar-refractivity contribution in [3.63, 3.8) is 0 Å². The minimum absolute atomic E-state index is 0.132. The Morgan fingerprint density at radius 1 is 1.26 bits per heavy atom. The first kappa shape index (κ1) is 16.3. The van der Waals surface area contributed by atoms with Gasteiger partial charge in [-0.1, -0.05) is 30.1 Å². The first-order valence-corrected chi connectivity index (χ1v) is 6.26. The van der Waals surface area contributed by atoms with Crippen LogP contribution < -0.4 is 0 Å². The van der Waals surface area contributed by atoms with Crippen LogP contribution in [0.15, 0.2) is 18.2 Å². The van der Waals surface area contributed by atoms with E-state index in [4.69, 9.17) is 23.2 Å². The molecule has 0 heterocycles. The summed E-state index contributed by atoms with van der Waals surface area (Å²) in [6.07, 6.45) is -4.33. The Kier molecular flexibility index (Phi) is 5.64. The van der Waals surface area contributed by atoms with Crippen LogP contribution in [0.2, 0.25) is 10.0 Å². The lowest BCUT2D eigenvalue weighted by atomic mass is 10.1. The fraction of sp³-hybridized carbons (Fsp3) is 0.417. The molecule has 0 unspecified atom stereocenters. The molecule has 0 aromatic heterocycles. The van der Waals surface area contributed by atoms with Gasteiger partial charge in [0.05, 0.1) is 23.1 Å². The van der Waals surface area contributed by atoms with Gasteiger partial charge in [0.1, 0.15) is 0 Å². The van der Waals surface area contributed by atoms with Crippen LogP contribution >= 0.6 is 23.2 Å². The minimum atomic E-state index is -4.33. The lowest BCUT2D eigenvalue weighted by molar-refractivity contribution is -0.144. The van der Waals surface area contributed by atoms with Gasteiger partial charge in [-0.2, -0.15) is 13.2 Å². The Morgan fingerprint density at radius 2 is 1.89 bits per heavy atom. The number of likely N-dealkylation sites (N-methyl/N-ethyl adjacent to an activating group) is 1. The summed E-state index contributed by atoms with van der Waals surface area (Å²) in [4.78, 5) is 12.9. The number of hydrogen-bond acceptors (Lipinski definition) is 2. The van der Waals surface area contributed by atoms with E-state index in [2.05, 4.69) is 0 Å². The molecule has 0 aliphatic carbocycles. The molecule has 19 heavy (non-hydrogen) atoms. The predicted molar refractivity (Wildman–Crippen MR) is 69.0 cm³/mol. The second kappa shape index (κ2) is 6.59. The van der Waals surface area contributed by atoms with Gasteiger partial charge >= 0.3 is 6.18 Å². The summed E-state index contributed by atoms with van der Waals surface area (Å²) in [7, 11) is 0. The highest BCUT2D eigenvalue weighted by Crippen LogP contribution is 2.23. The molecule has 7 heteroatoms. The standard InChI is InChI=1S/C12H12Cl2F3NO/c1-2-18(7-12(15,16)17)6-11(19)8-3-4-9(13)10(14)5-8/h3-5H,2,6-7H2,1H3. The molecular formula is C12H12Cl2F3NO. The number of Topliss-reactive ketones (excluding diaryl/α,β-unsaturated/α-hetero) is 1. The average molecular weight is 314 g/mol. The SMILES string of the molecule is CCN(CC(=O)c1ccc(Cl)c(Cl)c1)CC(F)(F)F. The first-order valence-electron chi connectivity index (χ1n) is 5.50. The van der Waals surface area contributed by atoms with E-state index in [0.717, 1.165) is 4.90 Å². The van der Waals surface area contributed by atoms with Crippen LogP contribution in [0.25, 0.3) is 0 Å². The van der Waals surface area contributed by atoms with E-state index >= 15 is 0 Å². The summed E-state index contributed by atoms with van der Waals surface area (Å²) in [5.41, 5.74) is 0.245. The van der Waals surface area contributed by atoms with Gasteiger partial charge in [0.2, 0.25) is 0 Å². The second-order valence-electron chi connectivity index (χ2n) is 3.97. The van der Waals surface area contributed by atoms with Crippen molar-refractivity contribution >= 4 is 29.0 Å². The molecule has 0 saturated carbocycles. The zero-order chi connectivity index (χ0) is 14.6. The monoisotopic (exact) mass is 313 g/mol. The van der Waals surface area contributed by atoms with Crippen LogP contribution in [0.1, 0.15) is 17.3 Å². The van der Waals surface area contributed by atoms with Crippen LogP contribution in [-0.2, 0) is 0 Å². The number of ketones is 1. The van der Waals surface area contributed by atoms with E-state index in [9.17, 15) is 18.0 Å². The van der Waals surface area contributed by atoms with Crippen molar-refractivity contribution < 1.29 is 18.0 Å². The summed E-state index contributed by atoms with van der Waals surface area (Å²) in [5, 5.41) is 0.493. The normalized spacial score (nSPS) is 11.9. The maximum atomic E-state index is 12.3. The lowest BCUT2D eigenvalue weighted by Crippen LogP contribution is -2.37. The summed E-state index contributed by atoms with van der Waals surface area (Å²) < 4.78 is 36.8. The highest BCUT2D eigenvalue weighted by molar-refractivity contribution is 6.42. The molecule has 0 spiro atoms. The highest BCUT2D eigenvalue weighted by Gasteiger charge is 2.30. The number of nitrogens with zero attached hydrogens (tertiary/aromatic N) is 1. The van der Waals surface area contributed by atoms with Gasteiger partial charge in [0, 0.05) is 5.56 Å². The molecule has 0 amide bonds. The third kappa shape index (κ3) is 5.38. The molecular weight excluding hydrogens is 302 g/mol. The lowest BCUT2D eigenvalue weighted by Gasteiger charge is -2.21. The van der Waals surface area contributed by atoms with Crippen LogP contribution in [-0.4, -0.2) is 36.5 Å². The molecule has 0 radical (unpaired) electrons. The molecule has 1 aromatic carbocycles. The quantitative estimate of drug-likeness (QED) is 0.764. The first-order chi connectivity index (χ1) is 8.73. The molecule has 1 aromatic rings. The largest absolute Gasteiger partial charge is 0.401 e. The molecule has 0 aliphatic rings. The van der Waals surface area contributed by atoms with E-state index in [1.807, 2.05) is 0 Å². The van der Waals surface area contributed by atoms with Crippen molar-refractivity contribution in [2.24, 2.45) is 0 Å². The smallest absolute Gasteiger partial charge is 0.293 e. The summed E-state index contributed by atoms with van der Waals surface area (Å²) >= 11 is 11.5. The van der Waals surface area contributed by atoms with Crippen LogP contribution in [0, 0.1) is 0 Å². The van der Waals surface area contributed by atoms with E-state index < -0.39 is 18.5 Å². The summed E-state index contributed by atoms with van der Waals surface area (Å²) in [6, 6.07) is 4.24. The number of hydrogen-bond donors (Lipinski definition) is 0. The third-order valence-electron chi connectivity index (χ3n) is 2.46. The van der Waals surface area contributed by atoms with Gasteiger partial charge in [-0.05, 0) is 24.7 Å². The Labute approximate surface area is 119 Å². The zero-order valence-electron chi connectivity index (χ0n) is 10.1. The van der Waals surface area contributed by atoms with Crippen LogP contribution in [0.4, 0.5) is 13.2 Å². The van der Waals surface area contributed by atoms with Crippen molar-refractivity contribution in [3.8, 4) is 0 Å². The van der Waals surface area contributed by atoms with Gasteiger partial charge < -0.3 is 0 Å². The number of benzene rings is 1. The molecule has 0 aliphatic heterocycles. The highest BCUT2D eigenvalue weighted by atomic mass is 35.5. The van der Waals surface area contributed by atoms with Crippen molar-refractivity contribution in [1.29, 1.82) is 0 Å². The van der Waals surface area contributed by atoms with E-state index in [0.29, 0.717) is 5.02 Å². The maximum absolute atomic E-state index is 12.3. The Bertz CT molecular complexity index is 463. The number of rotatable bonds is 5. The van der Waals surface area contributed by atoms with Crippen LogP contribution in [0.3, 0.4) is 0 Å². The van der Waals surface area contributed by atoms with E-state index in [1.54, 1.807) is 6.92 Å². The Balaban J connectivity index is 2.74.